The topological polar surface area (TPSA) is 125 Å². The molecule has 10 nitrogen and oxygen atoms in total. The minimum atomic E-state index is -1.21. The van der Waals surface area contributed by atoms with E-state index in [2.05, 4.69) is 25.2 Å². The van der Waals surface area contributed by atoms with E-state index in [0.717, 1.165) is 32.7 Å². The number of carbonyl (C=O) groups is 1. The first-order valence-electron chi connectivity index (χ1n) is 10.8. The Morgan fingerprint density at radius 2 is 2.18 bits per heavy atom. The van der Waals surface area contributed by atoms with Gasteiger partial charge in [-0.1, -0.05) is 12.1 Å². The maximum absolute atomic E-state index is 12.1. The second kappa shape index (κ2) is 9.57. The van der Waals surface area contributed by atoms with E-state index in [4.69, 9.17) is 9.72 Å². The van der Waals surface area contributed by atoms with Gasteiger partial charge in [-0.05, 0) is 42.3 Å². The van der Waals surface area contributed by atoms with Gasteiger partial charge in [0.15, 0.2) is 0 Å². The molecular weight excluding hydrogens is 454 g/mol. The first-order chi connectivity index (χ1) is 16.6. The number of esters is 1. The van der Waals surface area contributed by atoms with Crippen LogP contribution in [0.4, 0.5) is 23.1 Å². The van der Waals surface area contributed by atoms with Crippen LogP contribution in [0.2, 0.25) is 0 Å². The molecule has 3 heterocycles. The number of hydrogen-bond acceptors (Lipinski definition) is 8. The van der Waals surface area contributed by atoms with E-state index < -0.39 is 11.0 Å². The quantitative estimate of drug-likeness (QED) is 0.330. The summed E-state index contributed by atoms with van der Waals surface area (Å²) in [6.45, 7) is 1.13. The van der Waals surface area contributed by atoms with E-state index in [1.807, 2.05) is 47.4 Å². The van der Waals surface area contributed by atoms with Crippen molar-refractivity contribution in [3.8, 4) is 0 Å². The van der Waals surface area contributed by atoms with Gasteiger partial charge in [0.05, 0.1) is 29.4 Å². The molecule has 3 N–H and O–H groups in total. The first kappa shape index (κ1) is 22.0. The number of carbonyl (C=O) groups excluding carboxylic acids is 1. The third-order valence-corrected chi connectivity index (χ3v) is 6.76. The molecule has 0 radical (unpaired) electrons. The number of methoxy groups -OCH3 is 1. The molecule has 1 aliphatic rings. The van der Waals surface area contributed by atoms with Crippen LogP contribution < -0.4 is 14.9 Å². The lowest BCUT2D eigenvalue weighted by molar-refractivity contribution is -0.140. The Kier molecular flexibility index (Phi) is 6.19. The number of anilines is 4. The molecule has 0 saturated carbocycles. The third kappa shape index (κ3) is 4.47. The number of nitrogens with one attached hydrogen (secondary N) is 3. The molecule has 0 fully saturated rings. The molecular formula is C23H23N7O3S. The van der Waals surface area contributed by atoms with Crippen LogP contribution in [0.25, 0.3) is 10.9 Å². The van der Waals surface area contributed by atoms with E-state index in [0.29, 0.717) is 37.7 Å². The highest BCUT2D eigenvalue weighted by Gasteiger charge is 2.19. The Hall–Kier alpha value is -3.83. The van der Waals surface area contributed by atoms with Crippen molar-refractivity contribution < 1.29 is 13.7 Å². The summed E-state index contributed by atoms with van der Waals surface area (Å²) in [5, 5.41) is 11.3. The highest BCUT2D eigenvalue weighted by Crippen LogP contribution is 2.32. The molecule has 1 unspecified atom stereocenters. The van der Waals surface area contributed by atoms with E-state index >= 15 is 0 Å². The molecule has 1 atom stereocenters. The minimum Gasteiger partial charge on any atom is -0.469 e. The monoisotopic (exact) mass is 477 g/mol. The number of fused-ring (bicyclic) bond motifs is 2. The summed E-state index contributed by atoms with van der Waals surface area (Å²) >= 11 is 0. The van der Waals surface area contributed by atoms with Gasteiger partial charge >= 0.3 is 5.97 Å². The fraction of sp³-hybridized carbons (Fsp3) is 0.217. The number of rotatable bonds is 8. The Balaban J connectivity index is 1.45. The van der Waals surface area contributed by atoms with Gasteiger partial charge < -0.3 is 15.0 Å². The second-order valence-electron chi connectivity index (χ2n) is 7.72. The number of nitrogens with zero attached hydrogens (tertiary/aromatic N) is 4. The fourth-order valence-corrected chi connectivity index (χ4v) is 4.95. The predicted octanol–water partition coefficient (Wildman–Crippen LogP) is 3.31. The molecule has 34 heavy (non-hydrogen) atoms. The van der Waals surface area contributed by atoms with Gasteiger partial charge in [0.25, 0.3) is 0 Å². The van der Waals surface area contributed by atoms with Crippen LogP contribution in [-0.2, 0) is 27.1 Å². The van der Waals surface area contributed by atoms with Crippen molar-refractivity contribution >= 4 is 51.0 Å². The molecule has 0 aliphatic carbocycles. The van der Waals surface area contributed by atoms with Crippen LogP contribution in [-0.4, -0.2) is 44.0 Å². The molecule has 0 bridgehead atoms. The SMILES string of the molecule is COC(=O)CCCN(c1ccnc(Nc2ccc3c(c2)S(=O)NC3)n1)c1cccc2[nH]ncc12. The lowest BCUT2D eigenvalue weighted by Crippen LogP contribution is -2.21. The van der Waals surface area contributed by atoms with Gasteiger partial charge in [0, 0.05) is 36.8 Å². The molecule has 0 amide bonds. The van der Waals surface area contributed by atoms with Crippen LogP contribution >= 0.6 is 0 Å². The van der Waals surface area contributed by atoms with Crippen molar-refractivity contribution in [3.05, 3.63) is 60.4 Å². The molecule has 2 aromatic heterocycles. The van der Waals surface area contributed by atoms with Crippen molar-refractivity contribution in [1.29, 1.82) is 0 Å². The zero-order valence-electron chi connectivity index (χ0n) is 18.4. The third-order valence-electron chi connectivity index (χ3n) is 5.58. The van der Waals surface area contributed by atoms with Crippen molar-refractivity contribution in [1.82, 2.24) is 24.9 Å². The Morgan fingerprint density at radius 3 is 3.06 bits per heavy atom. The smallest absolute Gasteiger partial charge is 0.305 e. The van der Waals surface area contributed by atoms with Gasteiger partial charge in [-0.15, -0.1) is 0 Å². The van der Waals surface area contributed by atoms with Crippen LogP contribution in [0.3, 0.4) is 0 Å². The van der Waals surface area contributed by atoms with Gasteiger partial charge in [0.1, 0.15) is 16.8 Å². The van der Waals surface area contributed by atoms with Crippen molar-refractivity contribution in [2.75, 3.05) is 23.9 Å². The second-order valence-corrected chi connectivity index (χ2v) is 8.98. The summed E-state index contributed by atoms with van der Waals surface area (Å²) in [5.41, 5.74) is 3.59. The number of ether oxygens (including phenoxy) is 1. The Bertz CT molecular complexity index is 1370. The summed E-state index contributed by atoms with van der Waals surface area (Å²) in [4.78, 5) is 23.6. The summed E-state index contributed by atoms with van der Waals surface area (Å²) in [5.74, 6) is 0.823. The average Bonchev–Trinajstić information content (AvgIpc) is 3.49. The molecule has 0 saturated heterocycles. The highest BCUT2D eigenvalue weighted by molar-refractivity contribution is 7.83. The predicted molar refractivity (Wildman–Crippen MR) is 129 cm³/mol. The van der Waals surface area contributed by atoms with E-state index in [9.17, 15) is 9.00 Å². The molecule has 0 spiro atoms. The van der Waals surface area contributed by atoms with Crippen molar-refractivity contribution in [2.24, 2.45) is 0 Å². The highest BCUT2D eigenvalue weighted by atomic mass is 32.2. The summed E-state index contributed by atoms with van der Waals surface area (Å²) in [6.07, 6.45) is 4.33. The summed E-state index contributed by atoms with van der Waals surface area (Å²) in [6, 6.07) is 13.4. The van der Waals surface area contributed by atoms with Crippen molar-refractivity contribution in [2.45, 2.75) is 24.3 Å². The van der Waals surface area contributed by atoms with Crippen LogP contribution in [0.1, 0.15) is 18.4 Å². The normalized spacial score (nSPS) is 14.7. The van der Waals surface area contributed by atoms with Gasteiger partial charge in [-0.2, -0.15) is 10.1 Å². The number of hydrogen-bond donors (Lipinski definition) is 3. The summed E-state index contributed by atoms with van der Waals surface area (Å²) in [7, 11) is 0.182. The first-order valence-corrected chi connectivity index (χ1v) is 11.9. The molecule has 2 aromatic carbocycles. The zero-order chi connectivity index (χ0) is 23.5. The van der Waals surface area contributed by atoms with Gasteiger partial charge in [-0.25, -0.2) is 13.9 Å². The maximum Gasteiger partial charge on any atom is 0.305 e. The van der Waals surface area contributed by atoms with Gasteiger partial charge in [0.2, 0.25) is 5.95 Å². The molecule has 11 heteroatoms. The number of H-pyrrole nitrogens is 1. The van der Waals surface area contributed by atoms with Crippen LogP contribution in [0.15, 0.2) is 59.8 Å². The Labute approximate surface area is 198 Å². The van der Waals surface area contributed by atoms with Crippen LogP contribution in [0.5, 0.6) is 0 Å². The number of aromatic nitrogens is 4. The standard InChI is InChI=1S/C23H23N7O3S/c1-33-22(31)6-3-11-30(19-5-2-4-18-17(19)14-25-29-18)21-9-10-24-23(28-21)27-16-8-7-15-13-26-34(32)20(15)12-16/h2,4-5,7-10,12,14,26H,3,6,11,13H2,1H3,(H,25,29)(H,24,27,28). The average molecular weight is 478 g/mol. The number of benzene rings is 2. The van der Waals surface area contributed by atoms with Crippen LogP contribution in [0, 0.1) is 0 Å². The summed E-state index contributed by atoms with van der Waals surface area (Å²) < 4.78 is 19.8. The molecule has 4 aromatic rings. The van der Waals surface area contributed by atoms with Gasteiger partial charge in [-0.3, -0.25) is 9.89 Å². The van der Waals surface area contributed by atoms with Crippen molar-refractivity contribution in [3.63, 3.8) is 0 Å². The van der Waals surface area contributed by atoms with E-state index in [-0.39, 0.29) is 5.97 Å². The molecule has 174 valence electrons. The zero-order valence-corrected chi connectivity index (χ0v) is 19.3. The largest absolute Gasteiger partial charge is 0.469 e. The van der Waals surface area contributed by atoms with E-state index in [1.54, 1.807) is 12.4 Å². The molecule has 5 rings (SSSR count). The lowest BCUT2D eigenvalue weighted by Gasteiger charge is -2.25. The maximum atomic E-state index is 12.1. The lowest BCUT2D eigenvalue weighted by atomic mass is 10.2. The fourth-order valence-electron chi connectivity index (χ4n) is 3.89. The van der Waals surface area contributed by atoms with E-state index in [1.165, 1.54) is 7.11 Å². The Morgan fingerprint density at radius 1 is 1.26 bits per heavy atom. The number of aromatic amines is 1. The minimum absolute atomic E-state index is 0.255. The molecule has 1 aliphatic heterocycles.